The summed E-state index contributed by atoms with van der Waals surface area (Å²) in [4.78, 5) is 127. The molecule has 21 heteroatoms. The van der Waals surface area contributed by atoms with Gasteiger partial charge in [0.2, 0.25) is 59.1 Å². The summed E-state index contributed by atoms with van der Waals surface area (Å²) >= 11 is 0. The van der Waals surface area contributed by atoms with Crippen molar-refractivity contribution < 1.29 is 47.9 Å². The smallest absolute Gasteiger partial charge is 0.243 e. The van der Waals surface area contributed by atoms with Gasteiger partial charge in [0.05, 0.1) is 26.2 Å². The third kappa shape index (κ3) is 44.0. The summed E-state index contributed by atoms with van der Waals surface area (Å²) in [7, 11) is 0. The summed E-state index contributed by atoms with van der Waals surface area (Å²) < 4.78 is 0. The van der Waals surface area contributed by atoms with Gasteiger partial charge in [0.15, 0.2) is 0 Å². The number of amides is 10. The number of nitrogens with one attached hydrogen (secondary N) is 10. The number of allylic oxidation sites excluding steroid dienone is 5. The average molecular weight is 1150 g/mol. The molecule has 0 bridgehead atoms. The van der Waals surface area contributed by atoms with Crippen molar-refractivity contribution in [1.29, 1.82) is 0 Å². The molecule has 0 heterocycles. The minimum atomic E-state index is -1.21. The average Bonchev–Trinajstić information content (AvgIpc) is 3.45. The zero-order valence-corrected chi connectivity index (χ0v) is 51.8. The second-order valence-corrected chi connectivity index (χ2v) is 18.5. The van der Waals surface area contributed by atoms with E-state index in [2.05, 4.69) is 98.9 Å². The van der Waals surface area contributed by atoms with Crippen molar-refractivity contribution in [2.75, 3.05) is 32.7 Å². The monoisotopic (exact) mass is 1150 g/mol. The van der Waals surface area contributed by atoms with Crippen LogP contribution in [-0.4, -0.2) is 122 Å². The van der Waals surface area contributed by atoms with E-state index in [9.17, 15) is 47.9 Å². The lowest BCUT2D eigenvalue weighted by Crippen LogP contribution is -2.54. The van der Waals surface area contributed by atoms with E-state index in [1.54, 1.807) is 52.0 Å². The highest BCUT2D eigenvalue weighted by atomic mass is 16.2. The molecule has 21 nitrogen and oxygen atoms in total. The Balaban J connectivity index is -0.00000165. The molecule has 0 aliphatic carbocycles. The van der Waals surface area contributed by atoms with E-state index in [1.807, 2.05) is 59.7 Å². The highest BCUT2D eigenvalue weighted by Crippen LogP contribution is 2.08. The Hall–Kier alpha value is -7.84. The molecule has 12 N–H and O–H groups in total. The summed E-state index contributed by atoms with van der Waals surface area (Å²) in [5, 5.41) is 25.0. The van der Waals surface area contributed by atoms with Crippen LogP contribution in [0.25, 0.3) is 0 Å². The van der Waals surface area contributed by atoms with Crippen molar-refractivity contribution in [2.45, 2.75) is 185 Å². The summed E-state index contributed by atoms with van der Waals surface area (Å²) in [6, 6.07) is 4.88. The highest BCUT2D eigenvalue weighted by molar-refractivity contribution is 5.96. The molecule has 0 radical (unpaired) electrons. The lowest BCUT2D eigenvalue weighted by molar-refractivity contribution is -0.133. The van der Waals surface area contributed by atoms with Gasteiger partial charge in [0.25, 0.3) is 0 Å². The van der Waals surface area contributed by atoms with Gasteiger partial charge in [-0.1, -0.05) is 163 Å². The summed E-state index contributed by atoms with van der Waals surface area (Å²) in [6.07, 6.45) is 12.7. The van der Waals surface area contributed by atoms with Crippen LogP contribution in [-0.2, 0) is 47.9 Å². The van der Waals surface area contributed by atoms with Crippen molar-refractivity contribution in [3.05, 3.63) is 108 Å². The number of carbonyl (C=O) groups is 10. The molecular weight excluding hydrogens is 1050 g/mol. The maximum atomic E-state index is 13.3. The minimum absolute atomic E-state index is 0.0472. The molecule has 0 aromatic heterocycles. The number of aryl methyl sites for hydroxylation is 1. The van der Waals surface area contributed by atoms with Gasteiger partial charge in [0, 0.05) is 26.3 Å². The SMILES string of the molecule is C=C(/C=C\C)CC(NC(C)=O)C(=O)NCC(=O)NC(C)C(=O)NCC(=O)NC(CCC)C(=O)NCC(=O)NC(CC(=C)/C=C\C)C(=O)NCC(=O)NC(C/C(C)=C/N)C(=O)NCCCCC.C=C(C)CC.CC.CC.Cc1ccccc1. The number of nitrogens with two attached hydrogens (primary N) is 1. The van der Waals surface area contributed by atoms with E-state index in [0.717, 1.165) is 25.7 Å². The van der Waals surface area contributed by atoms with Gasteiger partial charge in [-0.3, -0.25) is 47.9 Å². The van der Waals surface area contributed by atoms with Crippen LogP contribution in [0.15, 0.2) is 103 Å². The van der Waals surface area contributed by atoms with Crippen molar-refractivity contribution in [1.82, 2.24) is 53.2 Å². The molecule has 0 spiro atoms. The first-order valence-corrected chi connectivity index (χ1v) is 28.3. The van der Waals surface area contributed by atoms with E-state index in [1.165, 1.54) is 31.2 Å². The van der Waals surface area contributed by atoms with Gasteiger partial charge >= 0.3 is 0 Å². The predicted molar refractivity (Wildman–Crippen MR) is 329 cm³/mol. The zero-order chi connectivity index (χ0) is 63.6. The molecule has 0 aliphatic rings. The highest BCUT2D eigenvalue weighted by Gasteiger charge is 2.27. The van der Waals surface area contributed by atoms with Crippen LogP contribution in [0.2, 0.25) is 0 Å². The van der Waals surface area contributed by atoms with Crippen molar-refractivity contribution in [2.24, 2.45) is 5.73 Å². The van der Waals surface area contributed by atoms with Gasteiger partial charge in [-0.25, -0.2) is 0 Å². The molecule has 5 atom stereocenters. The number of unbranched alkanes of at least 4 members (excludes halogenated alkanes) is 2. The third-order valence-electron chi connectivity index (χ3n) is 10.9. The van der Waals surface area contributed by atoms with Gasteiger partial charge < -0.3 is 58.9 Å². The maximum Gasteiger partial charge on any atom is 0.243 e. The molecule has 1 aromatic carbocycles. The van der Waals surface area contributed by atoms with Crippen LogP contribution < -0.4 is 58.9 Å². The first-order chi connectivity index (χ1) is 38.9. The number of benzene rings is 1. The van der Waals surface area contributed by atoms with Crippen LogP contribution in [0.5, 0.6) is 0 Å². The lowest BCUT2D eigenvalue weighted by atomic mass is 10.1. The Bertz CT molecular complexity index is 2230. The topological polar surface area (TPSA) is 317 Å². The number of hydrogen-bond donors (Lipinski definition) is 11. The summed E-state index contributed by atoms with van der Waals surface area (Å²) in [6.45, 7) is 35.4. The Kier molecular flexibility index (Phi) is 50.5. The van der Waals surface area contributed by atoms with Gasteiger partial charge in [-0.15, -0.1) is 6.58 Å². The van der Waals surface area contributed by atoms with Crippen LogP contribution in [0, 0.1) is 6.92 Å². The molecular formula is C61H103N11O10. The number of hydrogen-bond acceptors (Lipinski definition) is 11. The summed E-state index contributed by atoms with van der Waals surface area (Å²) in [5.41, 5.74) is 9.89. The Morgan fingerprint density at radius 1 is 0.524 bits per heavy atom. The number of carbonyl (C=O) groups excluding carboxylic acids is 10. The van der Waals surface area contributed by atoms with Crippen LogP contribution in [0.3, 0.4) is 0 Å². The van der Waals surface area contributed by atoms with E-state index in [0.29, 0.717) is 29.7 Å². The van der Waals surface area contributed by atoms with E-state index >= 15 is 0 Å². The van der Waals surface area contributed by atoms with Crippen molar-refractivity contribution in [3.8, 4) is 0 Å². The fourth-order valence-electron chi connectivity index (χ4n) is 6.48. The van der Waals surface area contributed by atoms with Crippen LogP contribution in [0.1, 0.15) is 153 Å². The Labute approximate surface area is 490 Å². The van der Waals surface area contributed by atoms with E-state index < -0.39 is 115 Å². The molecule has 1 rings (SSSR count). The molecule has 10 amide bonds. The van der Waals surface area contributed by atoms with Crippen molar-refractivity contribution in [3.63, 3.8) is 0 Å². The minimum Gasteiger partial charge on any atom is -0.405 e. The van der Waals surface area contributed by atoms with Gasteiger partial charge in [-0.2, -0.15) is 0 Å². The zero-order valence-electron chi connectivity index (χ0n) is 51.8. The molecule has 462 valence electrons. The molecule has 0 aliphatic heterocycles. The Morgan fingerprint density at radius 3 is 1.27 bits per heavy atom. The normalized spacial score (nSPS) is 12.1. The quantitative estimate of drug-likeness (QED) is 0.0243. The molecule has 82 heavy (non-hydrogen) atoms. The van der Waals surface area contributed by atoms with Crippen molar-refractivity contribution >= 4 is 59.1 Å². The maximum absolute atomic E-state index is 13.3. The fourth-order valence-corrected chi connectivity index (χ4v) is 6.48. The van der Waals surface area contributed by atoms with Gasteiger partial charge in [0.1, 0.15) is 30.2 Å². The van der Waals surface area contributed by atoms with Crippen LogP contribution in [0.4, 0.5) is 0 Å². The third-order valence-corrected chi connectivity index (χ3v) is 10.9. The van der Waals surface area contributed by atoms with E-state index in [-0.39, 0.29) is 25.7 Å². The Morgan fingerprint density at radius 2 is 0.902 bits per heavy atom. The van der Waals surface area contributed by atoms with Crippen LogP contribution >= 0.6 is 0 Å². The molecule has 0 saturated heterocycles. The lowest BCUT2D eigenvalue weighted by Gasteiger charge is -2.21. The fraction of sp³-hybridized carbons (Fsp3) is 0.541. The standard InChI is InChI=1S/C45H73N11O10.C7H8.C5H10.2C2H6/c1-10-14-15-19-47-43(64)36(22-30(7)23-46)56-40(61)27-51-45(66)35(21-29(6)17-12-3)55-39(60)26-49-42(63)33(18-13-4)54-38(59)25-48-41(62)31(8)52-37(58)24-50-44(65)34(53-32(9)57)20-28(5)16-11-2;1-7-5-3-2-4-6-7;1-4-5(2)3;2*1-2/h11-12,16-17,23,31,33-36H,5-6,10,13-15,18-22,24-27,46H2,1-4,7-9H3,(H,47,64)(H,48,62)(H,49,63)(H,50,65)(H,51,66)(H,52,58)(H,53,57)(H,54,59)(H,55,60)(H,56,61);2-6H,1H3;2,4H2,1,3H3;2*1-2H3/b16-11-,17-12-,30-23+;;;;. The largest absolute Gasteiger partial charge is 0.405 e. The number of rotatable bonds is 33. The molecule has 5 unspecified atom stereocenters. The van der Waals surface area contributed by atoms with E-state index in [4.69, 9.17) is 5.73 Å². The molecule has 1 aromatic rings. The second kappa shape index (κ2) is 51.3. The summed E-state index contributed by atoms with van der Waals surface area (Å²) in [5.74, 6) is -6.58. The van der Waals surface area contributed by atoms with Gasteiger partial charge in [-0.05, 0) is 73.4 Å². The molecule has 0 fully saturated rings. The molecule has 0 saturated carbocycles. The second-order valence-electron chi connectivity index (χ2n) is 18.5. The predicted octanol–water partition coefficient (Wildman–Crippen LogP) is 5.34. The first kappa shape index (κ1) is 80.6. The first-order valence-electron chi connectivity index (χ1n) is 28.3.